The Morgan fingerprint density at radius 3 is 2.29 bits per heavy atom. The largest absolute Gasteiger partial charge is 0.573 e. The van der Waals surface area contributed by atoms with Crippen LogP contribution in [0.2, 0.25) is 0 Å². The van der Waals surface area contributed by atoms with E-state index in [2.05, 4.69) is 14.9 Å². The van der Waals surface area contributed by atoms with Gasteiger partial charge in [0.1, 0.15) is 5.75 Å². The third kappa shape index (κ3) is 5.07. The van der Waals surface area contributed by atoms with E-state index in [-0.39, 0.29) is 5.75 Å². The lowest BCUT2D eigenvalue weighted by Gasteiger charge is -2.09. The van der Waals surface area contributed by atoms with Crippen LogP contribution < -0.4 is 15.5 Å². The minimum atomic E-state index is -4.73. The zero-order valence-electron chi connectivity index (χ0n) is 8.67. The summed E-state index contributed by atoms with van der Waals surface area (Å²) in [6.07, 6.45) is -4.73. The van der Waals surface area contributed by atoms with Gasteiger partial charge in [-0.15, -0.1) is 13.2 Å². The van der Waals surface area contributed by atoms with Gasteiger partial charge in [-0.2, -0.15) is 0 Å². The topological polar surface area (TPSA) is 59.6 Å². The molecule has 1 rings (SSSR count). The summed E-state index contributed by atoms with van der Waals surface area (Å²) in [6.45, 7) is 0. The first kappa shape index (κ1) is 13.1. The molecule has 5 nitrogen and oxygen atoms in total. The molecule has 0 saturated heterocycles. The van der Waals surface area contributed by atoms with E-state index < -0.39 is 12.4 Å². The van der Waals surface area contributed by atoms with E-state index in [1.54, 1.807) is 0 Å². The Labute approximate surface area is 94.5 Å². The highest BCUT2D eigenvalue weighted by Gasteiger charge is 2.30. The summed E-state index contributed by atoms with van der Waals surface area (Å²) in [5, 5.41) is 2.32. The summed E-state index contributed by atoms with van der Waals surface area (Å²) in [4.78, 5) is 15.3. The van der Waals surface area contributed by atoms with Crippen molar-refractivity contribution < 1.29 is 27.5 Å². The Morgan fingerprint density at radius 2 is 1.82 bits per heavy atom. The van der Waals surface area contributed by atoms with Crippen molar-refractivity contribution in [3.8, 4) is 5.75 Å². The number of hydroxylamine groups is 1. The molecule has 17 heavy (non-hydrogen) atoms. The molecule has 0 unspecified atom stereocenters. The van der Waals surface area contributed by atoms with Crippen LogP contribution in [0.25, 0.3) is 0 Å². The second-order valence-corrected chi connectivity index (χ2v) is 2.83. The fraction of sp³-hybridized carbons (Fsp3) is 0.222. The van der Waals surface area contributed by atoms with Crippen LogP contribution in [0, 0.1) is 0 Å². The van der Waals surface area contributed by atoms with Crippen LogP contribution in [-0.4, -0.2) is 19.5 Å². The third-order valence-corrected chi connectivity index (χ3v) is 1.54. The normalized spacial score (nSPS) is 10.8. The first-order valence-corrected chi connectivity index (χ1v) is 4.36. The average molecular weight is 250 g/mol. The number of rotatable bonds is 3. The summed E-state index contributed by atoms with van der Waals surface area (Å²) >= 11 is 0. The molecule has 0 spiro atoms. The van der Waals surface area contributed by atoms with E-state index >= 15 is 0 Å². The maximum atomic E-state index is 11.8. The number of alkyl halides is 3. The van der Waals surface area contributed by atoms with Crippen LogP contribution in [0.5, 0.6) is 5.75 Å². The Balaban J connectivity index is 2.59. The highest BCUT2D eigenvalue weighted by molar-refractivity contribution is 5.88. The Hall–Kier alpha value is -1.96. The van der Waals surface area contributed by atoms with Gasteiger partial charge in [-0.05, 0) is 24.3 Å². The standard InChI is InChI=1S/C9H9F3N2O3/c1-16-14-8(15)13-6-2-4-7(5-3-6)17-9(10,11)12/h2-5H,1H3,(H2,13,14,15). The number of benzene rings is 1. The molecule has 8 heteroatoms. The smallest absolute Gasteiger partial charge is 0.406 e. The van der Waals surface area contributed by atoms with Crippen molar-refractivity contribution in [2.75, 3.05) is 12.4 Å². The van der Waals surface area contributed by atoms with Crippen LogP contribution in [0.1, 0.15) is 0 Å². The molecule has 0 aliphatic carbocycles. The maximum absolute atomic E-state index is 11.8. The van der Waals surface area contributed by atoms with E-state index in [1.807, 2.05) is 5.48 Å². The number of carbonyl (C=O) groups is 1. The van der Waals surface area contributed by atoms with E-state index in [1.165, 1.54) is 19.2 Å². The van der Waals surface area contributed by atoms with Crippen LogP contribution in [0.3, 0.4) is 0 Å². The zero-order valence-corrected chi connectivity index (χ0v) is 8.67. The molecule has 0 atom stereocenters. The van der Waals surface area contributed by atoms with Gasteiger partial charge in [0.25, 0.3) is 0 Å². The minimum Gasteiger partial charge on any atom is -0.406 e. The van der Waals surface area contributed by atoms with E-state index in [0.717, 1.165) is 12.1 Å². The second-order valence-electron chi connectivity index (χ2n) is 2.83. The number of amides is 2. The molecule has 0 fully saturated rings. The van der Waals surface area contributed by atoms with Gasteiger partial charge in [-0.3, -0.25) is 4.84 Å². The predicted molar refractivity (Wildman–Crippen MR) is 52.3 cm³/mol. The monoisotopic (exact) mass is 250 g/mol. The van der Waals surface area contributed by atoms with Crippen molar-refractivity contribution in [2.24, 2.45) is 0 Å². The average Bonchev–Trinajstić information content (AvgIpc) is 2.19. The molecule has 0 aliphatic rings. The summed E-state index contributed by atoms with van der Waals surface area (Å²) in [6, 6.07) is 4.04. The molecule has 0 aromatic heterocycles. The molecule has 0 radical (unpaired) electrons. The van der Waals surface area contributed by atoms with E-state index in [4.69, 9.17) is 0 Å². The van der Waals surface area contributed by atoms with Crippen molar-refractivity contribution in [2.45, 2.75) is 6.36 Å². The van der Waals surface area contributed by atoms with Crippen molar-refractivity contribution in [1.29, 1.82) is 0 Å². The molecule has 94 valence electrons. The highest BCUT2D eigenvalue weighted by Crippen LogP contribution is 2.23. The minimum absolute atomic E-state index is 0.300. The van der Waals surface area contributed by atoms with Crippen LogP contribution in [-0.2, 0) is 4.84 Å². The molecule has 0 bridgehead atoms. The zero-order chi connectivity index (χ0) is 12.9. The molecular formula is C9H9F3N2O3. The van der Waals surface area contributed by atoms with Gasteiger partial charge in [0.05, 0.1) is 7.11 Å². The number of anilines is 1. The van der Waals surface area contributed by atoms with Gasteiger partial charge in [-0.1, -0.05) is 0 Å². The summed E-state index contributed by atoms with van der Waals surface area (Å²) in [7, 11) is 1.25. The number of hydrogen-bond donors (Lipinski definition) is 2. The SMILES string of the molecule is CONC(=O)Nc1ccc(OC(F)(F)F)cc1. The number of carbonyl (C=O) groups excluding carboxylic acids is 1. The van der Waals surface area contributed by atoms with Crippen molar-refractivity contribution in [3.05, 3.63) is 24.3 Å². The number of hydrogen-bond acceptors (Lipinski definition) is 3. The molecule has 2 amide bonds. The van der Waals surface area contributed by atoms with Crippen molar-refractivity contribution in [3.63, 3.8) is 0 Å². The third-order valence-electron chi connectivity index (χ3n) is 1.54. The van der Waals surface area contributed by atoms with Crippen LogP contribution in [0.4, 0.5) is 23.7 Å². The van der Waals surface area contributed by atoms with Gasteiger partial charge in [0.15, 0.2) is 0 Å². The molecule has 1 aromatic rings. The Bertz CT molecular complexity index is 378. The predicted octanol–water partition coefficient (Wildman–Crippen LogP) is 2.27. The Kier molecular flexibility index (Phi) is 4.16. The van der Waals surface area contributed by atoms with Gasteiger partial charge >= 0.3 is 12.4 Å². The number of urea groups is 1. The van der Waals surface area contributed by atoms with Gasteiger partial charge in [0, 0.05) is 5.69 Å². The fourth-order valence-corrected chi connectivity index (χ4v) is 0.989. The van der Waals surface area contributed by atoms with Crippen molar-refractivity contribution >= 4 is 11.7 Å². The Morgan fingerprint density at radius 1 is 1.24 bits per heavy atom. The first-order valence-electron chi connectivity index (χ1n) is 4.36. The van der Waals surface area contributed by atoms with Gasteiger partial charge < -0.3 is 10.1 Å². The summed E-state index contributed by atoms with van der Waals surface area (Å²) in [5.41, 5.74) is 2.29. The molecular weight excluding hydrogens is 241 g/mol. The van der Waals surface area contributed by atoms with Crippen molar-refractivity contribution in [1.82, 2.24) is 5.48 Å². The lowest BCUT2D eigenvalue weighted by Crippen LogP contribution is -2.27. The number of ether oxygens (including phenoxy) is 1. The molecule has 0 aliphatic heterocycles. The fourth-order valence-electron chi connectivity index (χ4n) is 0.989. The quantitative estimate of drug-likeness (QED) is 0.809. The van der Waals surface area contributed by atoms with Gasteiger partial charge in [-0.25, -0.2) is 10.3 Å². The molecule has 0 heterocycles. The van der Waals surface area contributed by atoms with Gasteiger partial charge in [0.2, 0.25) is 0 Å². The lowest BCUT2D eigenvalue weighted by molar-refractivity contribution is -0.274. The number of nitrogens with one attached hydrogen (secondary N) is 2. The first-order chi connectivity index (χ1) is 7.90. The van der Waals surface area contributed by atoms with Crippen LogP contribution >= 0.6 is 0 Å². The highest BCUT2D eigenvalue weighted by atomic mass is 19.4. The maximum Gasteiger partial charge on any atom is 0.573 e. The number of halogens is 3. The molecule has 1 aromatic carbocycles. The molecule has 2 N–H and O–H groups in total. The lowest BCUT2D eigenvalue weighted by atomic mass is 10.3. The van der Waals surface area contributed by atoms with E-state index in [9.17, 15) is 18.0 Å². The summed E-state index contributed by atoms with van der Waals surface area (Å²) in [5.74, 6) is -0.366. The van der Waals surface area contributed by atoms with E-state index in [0.29, 0.717) is 5.69 Å². The summed E-state index contributed by atoms with van der Waals surface area (Å²) < 4.78 is 39.2. The van der Waals surface area contributed by atoms with Crippen LogP contribution in [0.15, 0.2) is 24.3 Å². The second kappa shape index (κ2) is 5.39. The molecule has 0 saturated carbocycles.